The molecule has 11 heteroatoms. The van der Waals surface area contributed by atoms with Crippen LogP contribution in [0.2, 0.25) is 0 Å². The van der Waals surface area contributed by atoms with E-state index in [2.05, 4.69) is 25.2 Å². The predicted octanol–water partition coefficient (Wildman–Crippen LogP) is 6.66. The number of aryl methyl sites for hydroxylation is 1. The molecule has 0 radical (unpaired) electrons. The van der Waals surface area contributed by atoms with Crippen molar-refractivity contribution in [3.63, 3.8) is 0 Å². The molecule has 2 aromatic carbocycles. The summed E-state index contributed by atoms with van der Waals surface area (Å²) in [5, 5.41) is 3.03. The van der Waals surface area contributed by atoms with E-state index in [0.29, 0.717) is 64.3 Å². The summed E-state index contributed by atoms with van der Waals surface area (Å²) in [6.45, 7) is 5.71. The molecule has 0 atom stereocenters. The lowest BCUT2D eigenvalue weighted by Crippen LogP contribution is -2.59. The summed E-state index contributed by atoms with van der Waals surface area (Å²) in [5.74, 6) is 2.22. The lowest BCUT2D eigenvalue weighted by Gasteiger charge is -2.53. The maximum atomic E-state index is 14.0. The molecule has 3 aliphatic heterocycles. The van der Waals surface area contributed by atoms with Crippen molar-refractivity contribution in [2.45, 2.75) is 26.2 Å². The number of rotatable bonds is 5. The molecule has 0 saturated carbocycles. The quantitative estimate of drug-likeness (QED) is 0.209. The summed E-state index contributed by atoms with van der Waals surface area (Å²) in [6, 6.07) is 22.5. The number of aromatic amines is 1. The molecule has 2 amide bonds. The maximum absolute atomic E-state index is 14.0. The molecule has 9 rings (SSSR count). The number of hydrogen-bond acceptors (Lipinski definition) is 8. The summed E-state index contributed by atoms with van der Waals surface area (Å²) in [6.07, 6.45) is 6.17. The molecule has 11 nitrogen and oxygen atoms in total. The van der Waals surface area contributed by atoms with Crippen molar-refractivity contribution >= 4 is 40.0 Å². The highest BCUT2D eigenvalue weighted by Gasteiger charge is 2.45. The van der Waals surface area contributed by atoms with Gasteiger partial charge in [0, 0.05) is 67.5 Å². The fraction of sp³-hybridized carbons (Fsp3) is 0.256. The molecule has 2 fully saturated rings. The van der Waals surface area contributed by atoms with Crippen molar-refractivity contribution in [1.82, 2.24) is 19.9 Å². The number of benzene rings is 2. The van der Waals surface area contributed by atoms with Crippen LogP contribution in [0.3, 0.4) is 0 Å². The topological polar surface area (TPSA) is 129 Å². The van der Waals surface area contributed by atoms with Gasteiger partial charge in [0.1, 0.15) is 11.5 Å². The molecule has 0 unspecified atom stereocenters. The van der Waals surface area contributed by atoms with E-state index in [0.717, 1.165) is 61.3 Å². The van der Waals surface area contributed by atoms with Crippen LogP contribution in [0.1, 0.15) is 44.7 Å². The zero-order valence-corrected chi connectivity index (χ0v) is 27.6. The molecule has 0 aliphatic carbocycles. The Hall–Kier alpha value is -5.81. The number of anilines is 3. The Bertz CT molecular complexity index is 2230. The van der Waals surface area contributed by atoms with E-state index in [1.165, 1.54) is 0 Å². The van der Waals surface area contributed by atoms with Crippen molar-refractivity contribution in [1.29, 1.82) is 0 Å². The Labute approximate surface area is 288 Å². The van der Waals surface area contributed by atoms with Gasteiger partial charge in [-0.05, 0) is 92.4 Å². The fourth-order valence-electron chi connectivity index (χ4n) is 7.42. The summed E-state index contributed by atoms with van der Waals surface area (Å²) < 4.78 is 11.9. The molecule has 1 spiro atoms. The molecule has 7 heterocycles. The van der Waals surface area contributed by atoms with E-state index in [-0.39, 0.29) is 17.2 Å². The number of aromatic nitrogens is 4. The molecule has 250 valence electrons. The first-order valence-electron chi connectivity index (χ1n) is 17.0. The maximum Gasteiger partial charge on any atom is 0.259 e. The Balaban J connectivity index is 0.927. The zero-order valence-electron chi connectivity index (χ0n) is 27.6. The van der Waals surface area contributed by atoms with Crippen LogP contribution in [0.25, 0.3) is 34.1 Å². The van der Waals surface area contributed by atoms with Gasteiger partial charge < -0.3 is 29.3 Å². The highest BCUT2D eigenvalue weighted by Crippen LogP contribution is 2.43. The van der Waals surface area contributed by atoms with E-state index < -0.39 is 0 Å². The minimum absolute atomic E-state index is 0.162. The SMILES string of the molecule is Cc1cnc(N2CC3(CCOCC3)C2)c(C(=O)Nc2ccc(C(=O)N3CCc4cc(-c5nc6ccccc6[nH]5)oc4-c4ncccc43)cc2)c1. The minimum Gasteiger partial charge on any atom is -0.451 e. The Morgan fingerprint density at radius 3 is 2.60 bits per heavy atom. The average molecular weight is 666 g/mol. The number of fused-ring (bicyclic) bond motifs is 4. The van der Waals surface area contributed by atoms with E-state index in [1.807, 2.05) is 61.7 Å². The number of amides is 2. The van der Waals surface area contributed by atoms with Crippen LogP contribution in [0.5, 0.6) is 0 Å². The summed E-state index contributed by atoms with van der Waals surface area (Å²) >= 11 is 0. The van der Waals surface area contributed by atoms with E-state index >= 15 is 0 Å². The van der Waals surface area contributed by atoms with Gasteiger partial charge in [-0.3, -0.25) is 14.6 Å². The molecule has 6 aromatic rings. The largest absolute Gasteiger partial charge is 0.451 e. The number of H-pyrrole nitrogens is 1. The van der Waals surface area contributed by atoms with E-state index in [1.54, 1.807) is 35.4 Å². The van der Waals surface area contributed by atoms with Crippen LogP contribution < -0.4 is 15.1 Å². The van der Waals surface area contributed by atoms with Crippen LogP contribution in [-0.4, -0.2) is 64.6 Å². The second-order valence-electron chi connectivity index (χ2n) is 13.5. The molecule has 0 bridgehead atoms. The number of imidazole rings is 1. The third-order valence-electron chi connectivity index (χ3n) is 10.1. The Kier molecular flexibility index (Phi) is 7.24. The van der Waals surface area contributed by atoms with Gasteiger partial charge in [0.05, 0.1) is 22.3 Å². The van der Waals surface area contributed by atoms with Crippen LogP contribution in [0, 0.1) is 12.3 Å². The minimum atomic E-state index is -0.230. The number of pyridine rings is 2. The van der Waals surface area contributed by atoms with Gasteiger partial charge in [0.25, 0.3) is 11.8 Å². The van der Waals surface area contributed by atoms with Crippen LogP contribution in [0.4, 0.5) is 17.2 Å². The molecule has 50 heavy (non-hydrogen) atoms. The highest BCUT2D eigenvalue weighted by atomic mass is 16.5. The van der Waals surface area contributed by atoms with Crippen molar-refractivity contribution in [3.8, 4) is 23.0 Å². The van der Waals surface area contributed by atoms with Crippen LogP contribution in [0.15, 0.2) is 89.6 Å². The molecular weight excluding hydrogens is 630 g/mol. The van der Waals surface area contributed by atoms with Crippen LogP contribution in [-0.2, 0) is 11.2 Å². The summed E-state index contributed by atoms with van der Waals surface area (Å²) in [5.41, 5.74) is 6.84. The first-order valence-corrected chi connectivity index (χ1v) is 17.0. The number of nitrogens with zero attached hydrogens (tertiary/aromatic N) is 5. The first-order chi connectivity index (χ1) is 24.4. The number of hydrogen-bond donors (Lipinski definition) is 2. The number of ether oxygens (including phenoxy) is 1. The summed E-state index contributed by atoms with van der Waals surface area (Å²) in [4.78, 5) is 48.9. The highest BCUT2D eigenvalue weighted by molar-refractivity contribution is 6.10. The van der Waals surface area contributed by atoms with Crippen molar-refractivity contribution in [2.75, 3.05) is 48.0 Å². The molecular formula is C39H35N7O4. The van der Waals surface area contributed by atoms with Gasteiger partial charge >= 0.3 is 0 Å². The summed E-state index contributed by atoms with van der Waals surface area (Å²) in [7, 11) is 0. The number of carbonyl (C=O) groups is 2. The standard InChI is InChI=1S/C39H35N7O4/c1-24-19-28(36(41-21-24)45-22-39(23-45)13-17-49-18-14-39)37(47)42-27-10-8-25(9-11-27)38(48)46-16-12-26-20-32(35-43-29-5-2-3-6-30(29)44-35)50-34(26)33-31(46)7-4-15-40-33/h2-11,15,19-21H,12-14,16-18,22-23H2,1H3,(H,42,47)(H,43,44). The number of nitrogens with one attached hydrogen (secondary N) is 2. The number of furan rings is 1. The van der Waals surface area contributed by atoms with Gasteiger partial charge in [-0.1, -0.05) is 12.1 Å². The van der Waals surface area contributed by atoms with Crippen molar-refractivity contribution in [3.05, 3.63) is 107 Å². The number of carbonyl (C=O) groups excluding carboxylic acids is 2. The van der Waals surface area contributed by atoms with Gasteiger partial charge in [0.15, 0.2) is 17.3 Å². The van der Waals surface area contributed by atoms with Crippen LogP contribution >= 0.6 is 0 Å². The van der Waals surface area contributed by atoms with Gasteiger partial charge in [0.2, 0.25) is 0 Å². The zero-order chi connectivity index (χ0) is 33.8. The lowest BCUT2D eigenvalue weighted by atomic mass is 9.73. The van der Waals surface area contributed by atoms with Gasteiger partial charge in [-0.25, -0.2) is 9.97 Å². The predicted molar refractivity (Wildman–Crippen MR) is 190 cm³/mol. The number of para-hydroxylation sites is 2. The van der Waals surface area contributed by atoms with Gasteiger partial charge in [-0.15, -0.1) is 0 Å². The molecule has 2 N–H and O–H groups in total. The molecule has 3 aliphatic rings. The fourth-order valence-corrected chi connectivity index (χ4v) is 7.42. The lowest BCUT2D eigenvalue weighted by molar-refractivity contribution is -0.000510. The second kappa shape index (κ2) is 12.0. The first kappa shape index (κ1) is 30.3. The average Bonchev–Trinajstić information content (AvgIpc) is 3.73. The van der Waals surface area contributed by atoms with Crippen molar-refractivity contribution < 1.29 is 18.7 Å². The second-order valence-corrected chi connectivity index (χ2v) is 13.5. The monoisotopic (exact) mass is 665 g/mol. The molecule has 2 saturated heterocycles. The smallest absolute Gasteiger partial charge is 0.259 e. The Morgan fingerprint density at radius 2 is 1.78 bits per heavy atom. The molecule has 4 aromatic heterocycles. The third-order valence-corrected chi connectivity index (χ3v) is 10.1. The Morgan fingerprint density at radius 1 is 0.960 bits per heavy atom. The van der Waals surface area contributed by atoms with Gasteiger partial charge in [-0.2, -0.15) is 0 Å². The van der Waals surface area contributed by atoms with Crippen molar-refractivity contribution in [2.24, 2.45) is 5.41 Å². The third kappa shape index (κ3) is 5.30. The van der Waals surface area contributed by atoms with E-state index in [9.17, 15) is 9.59 Å². The normalized spacial score (nSPS) is 16.4. The van der Waals surface area contributed by atoms with E-state index in [4.69, 9.17) is 14.1 Å².